The Labute approximate surface area is 150 Å². The van der Waals surface area contributed by atoms with Gasteiger partial charge in [0.25, 0.3) is 11.8 Å². The maximum Gasteiger partial charge on any atom is 0.255 e. The van der Waals surface area contributed by atoms with E-state index in [1.807, 2.05) is 0 Å². The summed E-state index contributed by atoms with van der Waals surface area (Å²) in [4.78, 5) is 26.0. The molecule has 0 atom stereocenters. The van der Waals surface area contributed by atoms with Gasteiger partial charge in [0, 0.05) is 35.9 Å². The number of halogens is 1. The second-order valence-corrected chi connectivity index (χ2v) is 6.31. The number of anilines is 1. The minimum absolute atomic E-state index is 0.125. The van der Waals surface area contributed by atoms with E-state index in [4.69, 9.17) is 16.3 Å². The third-order valence-electron chi connectivity index (χ3n) is 3.75. The van der Waals surface area contributed by atoms with Gasteiger partial charge in [-0.1, -0.05) is 17.7 Å². The molecule has 0 saturated heterocycles. The fourth-order valence-electron chi connectivity index (χ4n) is 2.48. The average molecular weight is 357 g/mol. The summed E-state index contributed by atoms with van der Waals surface area (Å²) in [5.41, 5.74) is 2.31. The van der Waals surface area contributed by atoms with Gasteiger partial charge in [0.05, 0.1) is 5.57 Å². The summed E-state index contributed by atoms with van der Waals surface area (Å²) in [5, 5.41) is 3.38. The van der Waals surface area contributed by atoms with Crippen LogP contribution in [0.25, 0.3) is 6.08 Å². The Morgan fingerprint density at radius 2 is 1.96 bits per heavy atom. The van der Waals surface area contributed by atoms with Crippen molar-refractivity contribution in [3.05, 3.63) is 64.2 Å². The Bertz CT molecular complexity index is 875. The quantitative estimate of drug-likeness (QED) is 0.916. The standard InChI is InChI=1S/C19H17ClN2O3/c1-22(2)19(24)12-4-3-5-16(10-12)21-18(23)14-8-13-9-15(20)6-7-17(13)25-11-14/h3-10H,11H2,1-2H3,(H,21,23). The van der Waals surface area contributed by atoms with Crippen molar-refractivity contribution in [2.24, 2.45) is 0 Å². The number of carbonyl (C=O) groups excluding carboxylic acids is 2. The maximum atomic E-state index is 12.5. The van der Waals surface area contributed by atoms with E-state index in [9.17, 15) is 9.59 Å². The lowest BCUT2D eigenvalue weighted by Gasteiger charge is -2.18. The van der Waals surface area contributed by atoms with Crippen LogP contribution in [0.4, 0.5) is 5.69 Å². The van der Waals surface area contributed by atoms with Gasteiger partial charge in [-0.15, -0.1) is 0 Å². The summed E-state index contributed by atoms with van der Waals surface area (Å²) in [5.74, 6) is 0.291. The highest BCUT2D eigenvalue weighted by Gasteiger charge is 2.18. The van der Waals surface area contributed by atoms with Crippen molar-refractivity contribution >= 4 is 35.2 Å². The molecule has 25 heavy (non-hydrogen) atoms. The van der Waals surface area contributed by atoms with E-state index < -0.39 is 0 Å². The first-order chi connectivity index (χ1) is 11.9. The van der Waals surface area contributed by atoms with Crippen LogP contribution in [-0.2, 0) is 4.79 Å². The van der Waals surface area contributed by atoms with Crippen molar-refractivity contribution < 1.29 is 14.3 Å². The molecule has 0 saturated carbocycles. The molecule has 0 bridgehead atoms. The van der Waals surface area contributed by atoms with Crippen LogP contribution in [0.2, 0.25) is 5.02 Å². The van der Waals surface area contributed by atoms with Crippen LogP contribution in [0.15, 0.2) is 48.0 Å². The predicted octanol–water partition coefficient (Wildman–Crippen LogP) is 3.46. The minimum Gasteiger partial charge on any atom is -0.488 e. The number of nitrogens with one attached hydrogen (secondary N) is 1. The summed E-state index contributed by atoms with van der Waals surface area (Å²) in [6.45, 7) is 0.177. The van der Waals surface area contributed by atoms with Crippen LogP contribution in [0.5, 0.6) is 5.75 Å². The van der Waals surface area contributed by atoms with E-state index in [-0.39, 0.29) is 18.4 Å². The average Bonchev–Trinajstić information content (AvgIpc) is 2.60. The SMILES string of the molecule is CN(C)C(=O)c1cccc(NC(=O)C2=Cc3cc(Cl)ccc3OC2)c1. The van der Waals surface area contributed by atoms with E-state index in [2.05, 4.69) is 5.32 Å². The molecule has 0 spiro atoms. The molecule has 3 rings (SSSR count). The molecule has 0 aromatic heterocycles. The number of carbonyl (C=O) groups is 2. The highest BCUT2D eigenvalue weighted by molar-refractivity contribution is 6.30. The molecule has 1 N–H and O–H groups in total. The molecule has 2 amide bonds. The molecular weight excluding hydrogens is 340 g/mol. The van der Waals surface area contributed by atoms with Crippen LogP contribution < -0.4 is 10.1 Å². The lowest BCUT2D eigenvalue weighted by Crippen LogP contribution is -2.23. The van der Waals surface area contributed by atoms with Gasteiger partial charge < -0.3 is 15.0 Å². The normalized spacial score (nSPS) is 12.5. The highest BCUT2D eigenvalue weighted by Crippen LogP contribution is 2.29. The number of fused-ring (bicyclic) bond motifs is 1. The fourth-order valence-corrected chi connectivity index (χ4v) is 2.66. The number of hydrogen-bond donors (Lipinski definition) is 1. The third-order valence-corrected chi connectivity index (χ3v) is 3.99. The van der Waals surface area contributed by atoms with Crippen molar-refractivity contribution in [2.45, 2.75) is 0 Å². The van der Waals surface area contributed by atoms with Gasteiger partial charge >= 0.3 is 0 Å². The van der Waals surface area contributed by atoms with Crippen LogP contribution in [-0.4, -0.2) is 37.4 Å². The van der Waals surface area contributed by atoms with E-state index in [0.717, 1.165) is 5.56 Å². The Morgan fingerprint density at radius 1 is 1.16 bits per heavy atom. The first-order valence-corrected chi connectivity index (χ1v) is 8.08. The highest BCUT2D eigenvalue weighted by atomic mass is 35.5. The minimum atomic E-state index is -0.278. The van der Waals surface area contributed by atoms with Crippen molar-refractivity contribution in [1.29, 1.82) is 0 Å². The Morgan fingerprint density at radius 3 is 2.72 bits per heavy atom. The monoisotopic (exact) mass is 356 g/mol. The Balaban J connectivity index is 1.79. The third kappa shape index (κ3) is 3.83. The molecule has 1 heterocycles. The zero-order valence-electron chi connectivity index (χ0n) is 13.9. The van der Waals surface area contributed by atoms with E-state index >= 15 is 0 Å². The fraction of sp³-hybridized carbons (Fsp3) is 0.158. The van der Waals surface area contributed by atoms with Crippen LogP contribution in [0.3, 0.4) is 0 Å². The molecule has 2 aromatic rings. The Hall–Kier alpha value is -2.79. The van der Waals surface area contributed by atoms with E-state index in [0.29, 0.717) is 27.6 Å². The van der Waals surface area contributed by atoms with Gasteiger partial charge in [0.15, 0.2) is 0 Å². The number of hydrogen-bond acceptors (Lipinski definition) is 3. The molecule has 0 fully saturated rings. The molecule has 128 valence electrons. The largest absolute Gasteiger partial charge is 0.488 e. The van der Waals surface area contributed by atoms with Gasteiger partial charge in [0.2, 0.25) is 0 Å². The van der Waals surface area contributed by atoms with Gasteiger partial charge in [-0.3, -0.25) is 9.59 Å². The topological polar surface area (TPSA) is 58.6 Å². The van der Waals surface area contributed by atoms with Crippen LogP contribution in [0.1, 0.15) is 15.9 Å². The molecule has 0 aliphatic carbocycles. The van der Waals surface area contributed by atoms with Crippen molar-refractivity contribution in [1.82, 2.24) is 4.90 Å². The molecule has 1 aliphatic rings. The number of rotatable bonds is 3. The maximum absolute atomic E-state index is 12.5. The summed E-state index contributed by atoms with van der Waals surface area (Å²) in [6, 6.07) is 12.1. The smallest absolute Gasteiger partial charge is 0.255 e. The predicted molar refractivity (Wildman–Crippen MR) is 98.0 cm³/mol. The van der Waals surface area contributed by atoms with Crippen molar-refractivity contribution in [2.75, 3.05) is 26.0 Å². The first-order valence-electron chi connectivity index (χ1n) is 7.70. The number of nitrogens with zero attached hydrogens (tertiary/aromatic N) is 1. The lowest BCUT2D eigenvalue weighted by molar-refractivity contribution is -0.113. The van der Waals surface area contributed by atoms with Gasteiger partial charge in [-0.2, -0.15) is 0 Å². The second kappa shape index (κ2) is 6.99. The molecule has 0 unspecified atom stereocenters. The summed E-state index contributed by atoms with van der Waals surface area (Å²) in [6.07, 6.45) is 1.76. The van der Waals surface area contributed by atoms with Crippen LogP contribution in [0, 0.1) is 0 Å². The van der Waals surface area contributed by atoms with Crippen molar-refractivity contribution in [3.8, 4) is 5.75 Å². The number of amides is 2. The summed E-state index contributed by atoms with van der Waals surface area (Å²) < 4.78 is 5.59. The lowest BCUT2D eigenvalue weighted by atomic mass is 10.1. The summed E-state index contributed by atoms with van der Waals surface area (Å²) >= 11 is 5.99. The number of benzene rings is 2. The molecule has 1 aliphatic heterocycles. The summed E-state index contributed by atoms with van der Waals surface area (Å²) in [7, 11) is 3.36. The zero-order chi connectivity index (χ0) is 18.0. The number of ether oxygens (including phenoxy) is 1. The van der Waals surface area contributed by atoms with Gasteiger partial charge in [-0.25, -0.2) is 0 Å². The zero-order valence-corrected chi connectivity index (χ0v) is 14.6. The molecule has 5 nitrogen and oxygen atoms in total. The van der Waals surface area contributed by atoms with E-state index in [1.54, 1.807) is 62.6 Å². The molecule has 0 radical (unpaired) electrons. The Kier molecular flexibility index (Phi) is 4.76. The van der Waals surface area contributed by atoms with E-state index in [1.165, 1.54) is 4.90 Å². The second-order valence-electron chi connectivity index (χ2n) is 5.87. The molecule has 6 heteroatoms. The molecular formula is C19H17ClN2O3. The molecule has 2 aromatic carbocycles. The van der Waals surface area contributed by atoms with Crippen molar-refractivity contribution in [3.63, 3.8) is 0 Å². The van der Waals surface area contributed by atoms with Gasteiger partial charge in [0.1, 0.15) is 12.4 Å². The van der Waals surface area contributed by atoms with Crippen LogP contribution >= 0.6 is 11.6 Å². The van der Waals surface area contributed by atoms with Gasteiger partial charge in [-0.05, 0) is 42.5 Å². The first kappa shape index (κ1) is 17.0.